The van der Waals surface area contributed by atoms with Crippen molar-refractivity contribution < 1.29 is 13.7 Å². The molecule has 0 aliphatic carbocycles. The van der Waals surface area contributed by atoms with Gasteiger partial charge in [0.2, 0.25) is 11.1 Å². The second-order valence-electron chi connectivity index (χ2n) is 5.56. The maximum atomic E-state index is 14.5. The van der Waals surface area contributed by atoms with Crippen LogP contribution in [0.3, 0.4) is 0 Å². The minimum absolute atomic E-state index is 0.180. The number of hydrogen-bond acceptors (Lipinski definition) is 4. The number of carbonyl (C=O) groups excluding carboxylic acids is 1. The molecule has 3 rings (SSSR count). The molecule has 0 radical (unpaired) electrons. The predicted molar refractivity (Wildman–Crippen MR) is 85.0 cm³/mol. The highest BCUT2D eigenvalue weighted by Crippen LogP contribution is 2.25. The van der Waals surface area contributed by atoms with Crippen LogP contribution in [0.15, 0.2) is 16.7 Å². The van der Waals surface area contributed by atoms with Crippen LogP contribution in [0.5, 0.6) is 0 Å². The maximum Gasteiger partial charge on any atom is 0.229 e. The summed E-state index contributed by atoms with van der Waals surface area (Å²) in [4.78, 5) is 12.1. The summed E-state index contributed by atoms with van der Waals surface area (Å²) in [5, 5.41) is 9.76. The minimum atomic E-state index is -0.337. The lowest BCUT2D eigenvalue weighted by molar-refractivity contribution is -0.116. The molecule has 0 fully saturated rings. The number of halogens is 2. The Labute approximate surface area is 138 Å². The molecule has 0 atom stereocenters. The summed E-state index contributed by atoms with van der Waals surface area (Å²) in [7, 11) is 0. The molecule has 5 nitrogen and oxygen atoms in total. The summed E-state index contributed by atoms with van der Waals surface area (Å²) in [6.07, 6.45) is 1.21. The molecule has 0 spiro atoms. The van der Waals surface area contributed by atoms with Gasteiger partial charge in [-0.2, -0.15) is 0 Å². The second-order valence-corrected chi connectivity index (χ2v) is 5.90. The first-order chi connectivity index (χ1) is 11.1. The van der Waals surface area contributed by atoms with E-state index in [4.69, 9.17) is 16.1 Å². The Morgan fingerprint density at radius 3 is 3.09 bits per heavy atom. The number of nitrogens with one attached hydrogen (secondary N) is 2. The molecule has 1 aliphatic heterocycles. The zero-order valence-corrected chi connectivity index (χ0v) is 13.5. The lowest BCUT2D eigenvalue weighted by Crippen LogP contribution is -2.25. The van der Waals surface area contributed by atoms with E-state index in [1.807, 2.05) is 6.07 Å². The Morgan fingerprint density at radius 1 is 1.52 bits per heavy atom. The van der Waals surface area contributed by atoms with E-state index in [1.54, 1.807) is 13.0 Å². The molecule has 1 amide bonds. The van der Waals surface area contributed by atoms with Gasteiger partial charge in [-0.05, 0) is 55.1 Å². The van der Waals surface area contributed by atoms with Crippen molar-refractivity contribution in [2.75, 3.05) is 11.9 Å². The van der Waals surface area contributed by atoms with Crippen LogP contribution in [0.25, 0.3) is 0 Å². The normalized spacial score (nSPS) is 13.7. The van der Waals surface area contributed by atoms with E-state index < -0.39 is 0 Å². The summed E-state index contributed by atoms with van der Waals surface area (Å²) in [5.74, 6) is -0.606. The van der Waals surface area contributed by atoms with Gasteiger partial charge in [0.05, 0.1) is 11.4 Å². The molecule has 122 valence electrons. The minimum Gasteiger partial charge on any atom is -0.344 e. The molecular formula is C16H17ClFN3O2. The van der Waals surface area contributed by atoms with Crippen LogP contribution in [0.4, 0.5) is 10.1 Å². The number of aryl methyl sites for hydroxylation is 1. The quantitative estimate of drug-likeness (QED) is 0.900. The number of rotatable bonds is 4. The van der Waals surface area contributed by atoms with Gasteiger partial charge >= 0.3 is 0 Å². The average molecular weight is 338 g/mol. The highest BCUT2D eigenvalue weighted by Gasteiger charge is 2.18. The molecule has 2 N–H and O–H groups in total. The van der Waals surface area contributed by atoms with Gasteiger partial charge in [0.1, 0.15) is 5.82 Å². The Hall–Kier alpha value is -1.92. The first-order valence-electron chi connectivity index (χ1n) is 7.47. The van der Waals surface area contributed by atoms with Gasteiger partial charge < -0.3 is 15.2 Å². The monoisotopic (exact) mass is 337 g/mol. The van der Waals surface area contributed by atoms with E-state index in [1.165, 1.54) is 0 Å². The third-order valence-corrected chi connectivity index (χ3v) is 4.32. The van der Waals surface area contributed by atoms with E-state index in [-0.39, 0.29) is 29.1 Å². The molecule has 2 heterocycles. The standard InChI is InChI=1S/C16H17ClFN3O2/c1-9-11(16(17)23-21-9)3-5-14(22)20-13-4-2-10-8-19-7-6-12(10)15(13)18/h2,4,19H,3,5-8H2,1H3,(H,20,22). The highest BCUT2D eigenvalue weighted by atomic mass is 35.5. The molecule has 0 saturated heterocycles. The largest absolute Gasteiger partial charge is 0.344 e. The molecule has 1 aromatic heterocycles. The molecule has 0 bridgehead atoms. The first kappa shape index (κ1) is 16.0. The van der Waals surface area contributed by atoms with Gasteiger partial charge in [-0.1, -0.05) is 11.2 Å². The Bertz CT molecular complexity index is 726. The van der Waals surface area contributed by atoms with Crippen LogP contribution in [-0.2, 0) is 24.2 Å². The van der Waals surface area contributed by atoms with Crippen LogP contribution < -0.4 is 10.6 Å². The van der Waals surface area contributed by atoms with Crippen LogP contribution in [0.1, 0.15) is 28.8 Å². The lowest BCUT2D eigenvalue weighted by atomic mass is 9.99. The van der Waals surface area contributed by atoms with E-state index >= 15 is 0 Å². The van der Waals surface area contributed by atoms with Crippen molar-refractivity contribution in [3.05, 3.63) is 45.6 Å². The van der Waals surface area contributed by atoms with Crippen molar-refractivity contribution in [3.8, 4) is 0 Å². The van der Waals surface area contributed by atoms with E-state index in [0.29, 0.717) is 36.2 Å². The fourth-order valence-electron chi connectivity index (χ4n) is 2.72. The van der Waals surface area contributed by atoms with E-state index in [2.05, 4.69) is 15.8 Å². The molecule has 0 unspecified atom stereocenters. The number of benzene rings is 1. The Balaban J connectivity index is 1.66. The van der Waals surface area contributed by atoms with Crippen LogP contribution in [0.2, 0.25) is 5.22 Å². The SMILES string of the molecule is Cc1noc(Cl)c1CCC(=O)Nc1ccc2c(c1F)CCNC2. The van der Waals surface area contributed by atoms with Gasteiger partial charge in [0.15, 0.2) is 0 Å². The van der Waals surface area contributed by atoms with Crippen molar-refractivity contribution in [1.29, 1.82) is 0 Å². The Morgan fingerprint density at radius 2 is 2.35 bits per heavy atom. The molecular weight excluding hydrogens is 321 g/mol. The fourth-order valence-corrected chi connectivity index (χ4v) is 2.99. The average Bonchev–Trinajstić information content (AvgIpc) is 2.87. The highest BCUT2D eigenvalue weighted by molar-refractivity contribution is 6.29. The van der Waals surface area contributed by atoms with Gasteiger partial charge in [-0.3, -0.25) is 4.79 Å². The molecule has 1 aliphatic rings. The summed E-state index contributed by atoms with van der Waals surface area (Å²) < 4.78 is 19.3. The topological polar surface area (TPSA) is 67.2 Å². The lowest BCUT2D eigenvalue weighted by Gasteiger charge is -2.19. The van der Waals surface area contributed by atoms with Crippen molar-refractivity contribution in [2.24, 2.45) is 0 Å². The zero-order chi connectivity index (χ0) is 16.4. The van der Waals surface area contributed by atoms with E-state index in [0.717, 1.165) is 12.1 Å². The van der Waals surface area contributed by atoms with Gasteiger partial charge in [-0.25, -0.2) is 4.39 Å². The van der Waals surface area contributed by atoms with Crippen LogP contribution in [-0.4, -0.2) is 17.6 Å². The van der Waals surface area contributed by atoms with E-state index in [9.17, 15) is 9.18 Å². The predicted octanol–water partition coefficient (Wildman–Crippen LogP) is 2.99. The van der Waals surface area contributed by atoms with Gasteiger partial charge in [0, 0.05) is 18.5 Å². The molecule has 7 heteroatoms. The number of anilines is 1. The van der Waals surface area contributed by atoms with Gasteiger partial charge in [0.25, 0.3) is 0 Å². The fraction of sp³-hybridized carbons (Fsp3) is 0.375. The third-order valence-electron chi connectivity index (χ3n) is 4.02. The number of hydrogen-bond donors (Lipinski definition) is 2. The number of fused-ring (bicyclic) bond motifs is 1. The van der Waals surface area contributed by atoms with Crippen LogP contribution in [0, 0.1) is 12.7 Å². The number of amides is 1. The Kier molecular flexibility index (Phi) is 4.63. The zero-order valence-electron chi connectivity index (χ0n) is 12.7. The molecule has 0 saturated carbocycles. The van der Waals surface area contributed by atoms with Crippen molar-refractivity contribution in [1.82, 2.24) is 10.5 Å². The molecule has 23 heavy (non-hydrogen) atoms. The maximum absolute atomic E-state index is 14.5. The smallest absolute Gasteiger partial charge is 0.229 e. The van der Waals surface area contributed by atoms with Crippen LogP contribution >= 0.6 is 11.6 Å². The number of aromatic nitrogens is 1. The third kappa shape index (κ3) is 3.38. The number of nitrogens with zero attached hydrogens (tertiary/aromatic N) is 1. The molecule has 1 aromatic carbocycles. The number of carbonyl (C=O) groups is 1. The molecule has 2 aromatic rings. The van der Waals surface area contributed by atoms with Gasteiger partial charge in [-0.15, -0.1) is 0 Å². The second kappa shape index (κ2) is 6.68. The van der Waals surface area contributed by atoms with Crippen molar-refractivity contribution >= 4 is 23.2 Å². The summed E-state index contributed by atoms with van der Waals surface area (Å²) >= 11 is 5.87. The first-order valence-corrected chi connectivity index (χ1v) is 7.85. The summed E-state index contributed by atoms with van der Waals surface area (Å²) in [6.45, 7) is 3.16. The van der Waals surface area contributed by atoms with Crippen molar-refractivity contribution in [2.45, 2.75) is 32.7 Å². The summed E-state index contributed by atoms with van der Waals surface area (Å²) in [5.41, 5.74) is 3.22. The van der Waals surface area contributed by atoms with Crippen molar-refractivity contribution in [3.63, 3.8) is 0 Å². The summed E-state index contributed by atoms with van der Waals surface area (Å²) in [6, 6.07) is 3.46.